The van der Waals surface area contributed by atoms with Crippen molar-refractivity contribution in [3.63, 3.8) is 0 Å². The van der Waals surface area contributed by atoms with Crippen LogP contribution in [0.3, 0.4) is 0 Å². The molecular weight excluding hydrogens is 403 g/mol. The van der Waals surface area contributed by atoms with E-state index >= 15 is 0 Å². The van der Waals surface area contributed by atoms with Crippen LogP contribution in [0.15, 0.2) is 60.7 Å². The van der Waals surface area contributed by atoms with E-state index in [4.69, 9.17) is 27.9 Å². The summed E-state index contributed by atoms with van der Waals surface area (Å²) in [5.41, 5.74) is 2.22. The predicted molar refractivity (Wildman–Crippen MR) is 109 cm³/mol. The molecule has 6 heteroatoms. The fourth-order valence-electron chi connectivity index (χ4n) is 2.75. The number of rotatable bonds is 8. The van der Waals surface area contributed by atoms with E-state index in [0.29, 0.717) is 34.4 Å². The minimum Gasteiger partial charge on any atom is -0.488 e. The molecule has 3 aromatic rings. The topological polar surface area (TPSA) is 21.3 Å². The summed E-state index contributed by atoms with van der Waals surface area (Å²) in [6, 6.07) is 16.3. The lowest BCUT2D eigenvalue weighted by atomic mass is 10.1. The van der Waals surface area contributed by atoms with Gasteiger partial charge in [0, 0.05) is 22.7 Å². The largest absolute Gasteiger partial charge is 0.488 e. The van der Waals surface area contributed by atoms with Crippen molar-refractivity contribution in [3.8, 4) is 5.75 Å². The van der Waals surface area contributed by atoms with E-state index in [1.54, 1.807) is 36.4 Å². The molecule has 0 aromatic heterocycles. The van der Waals surface area contributed by atoms with Crippen molar-refractivity contribution < 1.29 is 13.5 Å². The number of hydrogen-bond acceptors (Lipinski definition) is 2. The summed E-state index contributed by atoms with van der Waals surface area (Å²) in [5, 5.41) is 4.24. The van der Waals surface area contributed by atoms with Gasteiger partial charge in [0.15, 0.2) is 0 Å². The maximum absolute atomic E-state index is 13.9. The molecule has 0 bridgehead atoms. The predicted octanol–water partition coefficient (Wildman–Crippen LogP) is 6.18. The first-order valence-corrected chi connectivity index (χ1v) is 9.58. The summed E-state index contributed by atoms with van der Waals surface area (Å²) in [5.74, 6) is -0.0363. The third-order valence-electron chi connectivity index (χ3n) is 4.28. The Morgan fingerprint density at radius 1 is 0.929 bits per heavy atom. The molecule has 0 amide bonds. The Bertz CT molecular complexity index is 912. The first kappa shape index (κ1) is 20.6. The summed E-state index contributed by atoms with van der Waals surface area (Å²) >= 11 is 12.2. The molecule has 0 heterocycles. The number of nitrogens with one attached hydrogen (secondary N) is 1. The molecule has 0 aliphatic carbocycles. The third kappa shape index (κ3) is 5.68. The Morgan fingerprint density at radius 3 is 2.46 bits per heavy atom. The average Bonchev–Trinajstić information content (AvgIpc) is 2.67. The second-order valence-electron chi connectivity index (χ2n) is 6.29. The zero-order valence-electron chi connectivity index (χ0n) is 15.0. The van der Waals surface area contributed by atoms with Crippen LogP contribution < -0.4 is 10.1 Å². The Morgan fingerprint density at radius 2 is 1.71 bits per heavy atom. The van der Waals surface area contributed by atoms with Crippen LogP contribution in [-0.2, 0) is 19.6 Å². The zero-order valence-corrected chi connectivity index (χ0v) is 16.5. The van der Waals surface area contributed by atoms with Gasteiger partial charge in [-0.1, -0.05) is 41.4 Å². The van der Waals surface area contributed by atoms with E-state index in [-0.39, 0.29) is 12.4 Å². The Labute approximate surface area is 173 Å². The van der Waals surface area contributed by atoms with E-state index in [9.17, 15) is 8.78 Å². The lowest BCUT2D eigenvalue weighted by molar-refractivity contribution is 0.296. The van der Waals surface area contributed by atoms with Gasteiger partial charge < -0.3 is 10.1 Å². The summed E-state index contributed by atoms with van der Waals surface area (Å²) < 4.78 is 32.7. The van der Waals surface area contributed by atoms with Crippen LogP contribution in [0.1, 0.15) is 16.7 Å². The lowest BCUT2D eigenvalue weighted by Crippen LogP contribution is -2.17. The van der Waals surface area contributed by atoms with Gasteiger partial charge >= 0.3 is 0 Å². The SMILES string of the molecule is Fc1ccc(CCNCc2cc(Cl)ccc2OCc2c(F)cccc2Cl)cc1. The summed E-state index contributed by atoms with van der Waals surface area (Å²) in [6.45, 7) is 1.26. The van der Waals surface area contributed by atoms with Crippen molar-refractivity contribution in [1.29, 1.82) is 0 Å². The smallest absolute Gasteiger partial charge is 0.131 e. The third-order valence-corrected chi connectivity index (χ3v) is 4.86. The zero-order chi connectivity index (χ0) is 19.9. The first-order valence-electron chi connectivity index (χ1n) is 8.82. The maximum atomic E-state index is 13.9. The fourth-order valence-corrected chi connectivity index (χ4v) is 3.17. The quantitative estimate of drug-likeness (QED) is 0.438. The Balaban J connectivity index is 1.59. The lowest BCUT2D eigenvalue weighted by Gasteiger charge is -2.14. The monoisotopic (exact) mass is 421 g/mol. The molecule has 0 saturated carbocycles. The van der Waals surface area contributed by atoms with Crippen LogP contribution in [0.4, 0.5) is 8.78 Å². The van der Waals surface area contributed by atoms with Crippen LogP contribution in [0.2, 0.25) is 10.0 Å². The molecule has 0 radical (unpaired) electrons. The van der Waals surface area contributed by atoms with Crippen LogP contribution in [0, 0.1) is 11.6 Å². The molecule has 0 spiro atoms. The molecule has 0 aliphatic rings. The molecule has 0 fully saturated rings. The molecular formula is C22H19Cl2F2NO. The standard InChI is InChI=1S/C22H19Cl2F2NO/c23-17-6-9-22(28-14-19-20(24)2-1-3-21(19)26)16(12-17)13-27-11-10-15-4-7-18(25)8-5-15/h1-9,12,27H,10-11,13-14H2. The van der Waals surface area contributed by atoms with E-state index < -0.39 is 5.82 Å². The normalized spacial score (nSPS) is 10.9. The number of hydrogen-bond donors (Lipinski definition) is 1. The van der Waals surface area contributed by atoms with Gasteiger partial charge in [-0.3, -0.25) is 0 Å². The van der Waals surface area contributed by atoms with E-state index in [1.165, 1.54) is 18.2 Å². The highest BCUT2D eigenvalue weighted by molar-refractivity contribution is 6.31. The van der Waals surface area contributed by atoms with Crippen molar-refractivity contribution in [2.45, 2.75) is 19.6 Å². The summed E-state index contributed by atoms with van der Waals surface area (Å²) in [7, 11) is 0. The van der Waals surface area contributed by atoms with Gasteiger partial charge in [-0.25, -0.2) is 8.78 Å². The van der Waals surface area contributed by atoms with Crippen molar-refractivity contribution in [1.82, 2.24) is 5.32 Å². The highest BCUT2D eigenvalue weighted by Gasteiger charge is 2.10. The van der Waals surface area contributed by atoms with Gasteiger partial charge in [0.05, 0.1) is 5.02 Å². The molecule has 28 heavy (non-hydrogen) atoms. The highest BCUT2D eigenvalue weighted by atomic mass is 35.5. The number of benzene rings is 3. The average molecular weight is 422 g/mol. The van der Waals surface area contributed by atoms with Crippen LogP contribution in [0.5, 0.6) is 5.75 Å². The van der Waals surface area contributed by atoms with Gasteiger partial charge in [-0.15, -0.1) is 0 Å². The molecule has 3 aromatic carbocycles. The van der Waals surface area contributed by atoms with Gasteiger partial charge in [0.25, 0.3) is 0 Å². The Kier molecular flexibility index (Phi) is 7.26. The van der Waals surface area contributed by atoms with Crippen LogP contribution in [-0.4, -0.2) is 6.54 Å². The Hall–Kier alpha value is -2.14. The maximum Gasteiger partial charge on any atom is 0.131 e. The summed E-state index contributed by atoms with van der Waals surface area (Å²) in [4.78, 5) is 0. The number of ether oxygens (including phenoxy) is 1. The van der Waals surface area contributed by atoms with Gasteiger partial charge in [0.2, 0.25) is 0 Å². The first-order chi connectivity index (χ1) is 13.5. The van der Waals surface area contributed by atoms with Crippen molar-refractivity contribution >= 4 is 23.2 Å². The van der Waals surface area contributed by atoms with E-state index in [0.717, 1.165) is 17.5 Å². The second-order valence-corrected chi connectivity index (χ2v) is 7.14. The highest BCUT2D eigenvalue weighted by Crippen LogP contribution is 2.26. The molecule has 1 N–H and O–H groups in total. The van der Waals surface area contributed by atoms with Crippen molar-refractivity contribution in [3.05, 3.63) is 99.0 Å². The molecule has 0 atom stereocenters. The van der Waals surface area contributed by atoms with Gasteiger partial charge in [0.1, 0.15) is 24.0 Å². The molecule has 0 unspecified atom stereocenters. The molecule has 0 aliphatic heterocycles. The van der Waals surface area contributed by atoms with Crippen molar-refractivity contribution in [2.24, 2.45) is 0 Å². The van der Waals surface area contributed by atoms with Crippen LogP contribution in [0.25, 0.3) is 0 Å². The van der Waals surface area contributed by atoms with Gasteiger partial charge in [-0.05, 0) is 61.0 Å². The van der Waals surface area contributed by atoms with Crippen molar-refractivity contribution in [2.75, 3.05) is 6.54 Å². The summed E-state index contributed by atoms with van der Waals surface area (Å²) in [6.07, 6.45) is 0.766. The van der Waals surface area contributed by atoms with E-state index in [1.807, 2.05) is 6.07 Å². The molecule has 146 valence electrons. The minimum atomic E-state index is -0.402. The molecule has 0 saturated heterocycles. The molecule has 2 nitrogen and oxygen atoms in total. The van der Waals surface area contributed by atoms with Gasteiger partial charge in [-0.2, -0.15) is 0 Å². The molecule has 3 rings (SSSR count). The second kappa shape index (κ2) is 9.87. The van der Waals surface area contributed by atoms with Crippen LogP contribution >= 0.6 is 23.2 Å². The van der Waals surface area contributed by atoms with E-state index in [2.05, 4.69) is 5.32 Å². The number of halogens is 4. The fraction of sp³-hybridized carbons (Fsp3) is 0.182. The minimum absolute atomic E-state index is 0.0235.